The Kier molecular flexibility index (Phi) is 5.37. The van der Waals surface area contributed by atoms with Crippen LogP contribution in [0, 0.1) is 13.8 Å². The number of aliphatic hydroxyl groups is 1. The molecule has 21 heavy (non-hydrogen) atoms. The van der Waals surface area contributed by atoms with E-state index in [2.05, 4.69) is 24.1 Å². The van der Waals surface area contributed by atoms with E-state index in [9.17, 15) is 9.90 Å². The first kappa shape index (κ1) is 16.0. The molecule has 1 fully saturated rings. The van der Waals surface area contributed by atoms with Gasteiger partial charge < -0.3 is 10.4 Å². The summed E-state index contributed by atoms with van der Waals surface area (Å²) in [6.07, 6.45) is 3.19. The number of aliphatic hydroxyl groups excluding tert-OH is 1. The molecule has 1 aliphatic rings. The summed E-state index contributed by atoms with van der Waals surface area (Å²) in [5.74, 6) is -0.00884. The highest BCUT2D eigenvalue weighted by atomic mass is 16.3. The molecular formula is C17H26N2O2. The molecule has 0 spiro atoms. The van der Waals surface area contributed by atoms with E-state index in [0.717, 1.165) is 24.9 Å². The lowest BCUT2D eigenvalue weighted by molar-refractivity contribution is -0.119. The van der Waals surface area contributed by atoms with Crippen LogP contribution in [0.5, 0.6) is 0 Å². The first-order valence-corrected chi connectivity index (χ1v) is 7.75. The number of carbonyl (C=O) groups is 1. The van der Waals surface area contributed by atoms with E-state index in [1.165, 1.54) is 11.1 Å². The van der Waals surface area contributed by atoms with E-state index < -0.39 is 0 Å². The summed E-state index contributed by atoms with van der Waals surface area (Å²) in [5.41, 5.74) is 3.23. The Hall–Kier alpha value is -1.39. The number of rotatable bonds is 4. The largest absolute Gasteiger partial charge is 0.395 e. The van der Waals surface area contributed by atoms with Gasteiger partial charge in [0, 0.05) is 17.8 Å². The SMILES string of the molecule is Cc1ccc(NC(=O)CN2C(C)CCCC2CO)cc1C. The molecule has 0 aromatic heterocycles. The summed E-state index contributed by atoms with van der Waals surface area (Å²) in [5, 5.41) is 12.4. The zero-order valence-corrected chi connectivity index (χ0v) is 13.2. The molecule has 0 saturated carbocycles. The molecule has 1 aliphatic heterocycles. The van der Waals surface area contributed by atoms with Gasteiger partial charge in [0.1, 0.15) is 0 Å². The van der Waals surface area contributed by atoms with Crippen molar-refractivity contribution in [3.63, 3.8) is 0 Å². The number of anilines is 1. The third-order valence-corrected chi connectivity index (χ3v) is 4.52. The maximum Gasteiger partial charge on any atom is 0.238 e. The third kappa shape index (κ3) is 4.05. The van der Waals surface area contributed by atoms with E-state index in [1.807, 2.05) is 25.1 Å². The Labute approximate surface area is 127 Å². The van der Waals surface area contributed by atoms with Crippen molar-refractivity contribution in [3.05, 3.63) is 29.3 Å². The number of piperidine rings is 1. The fraction of sp³-hybridized carbons (Fsp3) is 0.588. The number of hydrogen-bond acceptors (Lipinski definition) is 3. The van der Waals surface area contributed by atoms with E-state index >= 15 is 0 Å². The van der Waals surface area contributed by atoms with Crippen LogP contribution in [0.4, 0.5) is 5.69 Å². The van der Waals surface area contributed by atoms with Gasteiger partial charge in [0.2, 0.25) is 5.91 Å². The highest BCUT2D eigenvalue weighted by molar-refractivity contribution is 5.92. The van der Waals surface area contributed by atoms with Crippen molar-refractivity contribution >= 4 is 11.6 Å². The van der Waals surface area contributed by atoms with E-state index in [1.54, 1.807) is 0 Å². The van der Waals surface area contributed by atoms with Crippen LogP contribution in [0.15, 0.2) is 18.2 Å². The van der Waals surface area contributed by atoms with Gasteiger partial charge in [0.25, 0.3) is 0 Å². The van der Waals surface area contributed by atoms with Gasteiger partial charge >= 0.3 is 0 Å². The summed E-state index contributed by atoms with van der Waals surface area (Å²) >= 11 is 0. The van der Waals surface area contributed by atoms with Gasteiger partial charge in [0.15, 0.2) is 0 Å². The highest BCUT2D eigenvalue weighted by Crippen LogP contribution is 2.22. The molecule has 2 rings (SSSR count). The minimum atomic E-state index is -0.00884. The van der Waals surface area contributed by atoms with Crippen molar-refractivity contribution in [2.75, 3.05) is 18.5 Å². The van der Waals surface area contributed by atoms with Crippen LogP contribution in [0.3, 0.4) is 0 Å². The second kappa shape index (κ2) is 7.05. The minimum absolute atomic E-state index is 0.00884. The zero-order chi connectivity index (χ0) is 15.4. The highest BCUT2D eigenvalue weighted by Gasteiger charge is 2.28. The second-order valence-electron chi connectivity index (χ2n) is 6.14. The van der Waals surface area contributed by atoms with E-state index in [4.69, 9.17) is 0 Å². The van der Waals surface area contributed by atoms with Crippen molar-refractivity contribution in [2.24, 2.45) is 0 Å². The molecule has 4 nitrogen and oxygen atoms in total. The summed E-state index contributed by atoms with van der Waals surface area (Å²) in [7, 11) is 0. The van der Waals surface area contributed by atoms with Gasteiger partial charge in [0.05, 0.1) is 13.2 Å². The molecule has 1 amide bonds. The Morgan fingerprint density at radius 2 is 2.10 bits per heavy atom. The lowest BCUT2D eigenvalue weighted by atomic mass is 9.97. The third-order valence-electron chi connectivity index (χ3n) is 4.52. The summed E-state index contributed by atoms with van der Waals surface area (Å²) in [6, 6.07) is 6.41. The molecule has 2 N–H and O–H groups in total. The number of aryl methyl sites for hydroxylation is 2. The Morgan fingerprint density at radius 1 is 1.33 bits per heavy atom. The second-order valence-corrected chi connectivity index (χ2v) is 6.14. The van der Waals surface area contributed by atoms with Crippen LogP contribution < -0.4 is 5.32 Å². The predicted molar refractivity (Wildman–Crippen MR) is 85.4 cm³/mol. The maximum atomic E-state index is 12.2. The Bertz CT molecular complexity index is 502. The molecule has 1 aromatic rings. The standard InChI is InChI=1S/C17H26N2O2/c1-12-7-8-15(9-13(12)2)18-17(21)10-19-14(3)5-4-6-16(19)11-20/h7-9,14,16,20H,4-6,10-11H2,1-3H3,(H,18,21). The van der Waals surface area contributed by atoms with Crippen molar-refractivity contribution in [3.8, 4) is 0 Å². The molecule has 0 radical (unpaired) electrons. The maximum absolute atomic E-state index is 12.2. The van der Waals surface area contributed by atoms with Crippen molar-refractivity contribution in [1.82, 2.24) is 4.90 Å². The molecule has 0 aliphatic carbocycles. The number of amides is 1. The van der Waals surface area contributed by atoms with Gasteiger partial charge in [-0.25, -0.2) is 0 Å². The quantitative estimate of drug-likeness (QED) is 0.895. The first-order chi connectivity index (χ1) is 10.0. The lowest BCUT2D eigenvalue weighted by Crippen LogP contribution is -2.50. The Morgan fingerprint density at radius 3 is 2.76 bits per heavy atom. The molecule has 116 valence electrons. The number of benzene rings is 1. The molecule has 1 saturated heterocycles. The van der Waals surface area contributed by atoms with E-state index in [0.29, 0.717) is 12.6 Å². The number of nitrogens with one attached hydrogen (secondary N) is 1. The van der Waals surface area contributed by atoms with Crippen LogP contribution in [0.25, 0.3) is 0 Å². The molecule has 1 heterocycles. The average molecular weight is 290 g/mol. The fourth-order valence-electron chi connectivity index (χ4n) is 3.01. The average Bonchev–Trinajstić information content (AvgIpc) is 2.45. The minimum Gasteiger partial charge on any atom is -0.395 e. The van der Waals surface area contributed by atoms with Gasteiger partial charge in [-0.15, -0.1) is 0 Å². The van der Waals surface area contributed by atoms with Gasteiger partial charge in [-0.3, -0.25) is 9.69 Å². The van der Waals surface area contributed by atoms with Gasteiger partial charge in [-0.05, 0) is 56.9 Å². The number of nitrogens with zero attached hydrogens (tertiary/aromatic N) is 1. The first-order valence-electron chi connectivity index (χ1n) is 7.75. The zero-order valence-electron chi connectivity index (χ0n) is 13.2. The van der Waals surface area contributed by atoms with E-state index in [-0.39, 0.29) is 18.6 Å². The normalized spacial score (nSPS) is 23.0. The molecule has 2 atom stereocenters. The lowest BCUT2D eigenvalue weighted by Gasteiger charge is -2.39. The van der Waals surface area contributed by atoms with Gasteiger partial charge in [-0.2, -0.15) is 0 Å². The smallest absolute Gasteiger partial charge is 0.238 e. The number of likely N-dealkylation sites (tertiary alicyclic amines) is 1. The van der Waals surface area contributed by atoms with Crippen LogP contribution in [-0.4, -0.2) is 41.1 Å². The monoisotopic (exact) mass is 290 g/mol. The summed E-state index contributed by atoms with van der Waals surface area (Å²) in [6.45, 7) is 6.70. The predicted octanol–water partition coefficient (Wildman–Crippen LogP) is 2.48. The van der Waals surface area contributed by atoms with Crippen LogP contribution in [0.1, 0.15) is 37.3 Å². The molecular weight excluding hydrogens is 264 g/mol. The van der Waals surface area contributed by atoms with Crippen molar-refractivity contribution in [1.29, 1.82) is 0 Å². The van der Waals surface area contributed by atoms with Crippen molar-refractivity contribution in [2.45, 2.75) is 52.1 Å². The number of hydrogen-bond donors (Lipinski definition) is 2. The summed E-state index contributed by atoms with van der Waals surface area (Å²) < 4.78 is 0. The van der Waals surface area contributed by atoms with Crippen LogP contribution >= 0.6 is 0 Å². The van der Waals surface area contributed by atoms with Crippen LogP contribution in [-0.2, 0) is 4.79 Å². The molecule has 0 bridgehead atoms. The fourth-order valence-corrected chi connectivity index (χ4v) is 3.01. The number of carbonyl (C=O) groups excluding carboxylic acids is 1. The van der Waals surface area contributed by atoms with Crippen molar-refractivity contribution < 1.29 is 9.90 Å². The molecule has 2 unspecified atom stereocenters. The summed E-state index contributed by atoms with van der Waals surface area (Å²) in [4.78, 5) is 14.4. The van der Waals surface area contributed by atoms with Crippen LogP contribution in [0.2, 0.25) is 0 Å². The molecule has 4 heteroatoms. The molecule has 1 aromatic carbocycles. The Balaban J connectivity index is 1.98. The topological polar surface area (TPSA) is 52.6 Å². The van der Waals surface area contributed by atoms with Gasteiger partial charge in [-0.1, -0.05) is 12.5 Å².